The Labute approximate surface area is 165 Å². The summed E-state index contributed by atoms with van der Waals surface area (Å²) in [5.74, 6) is -0.394. The number of hydrogen-bond acceptors (Lipinski definition) is 6. The van der Waals surface area contributed by atoms with Crippen LogP contribution in [0.4, 0.5) is 0 Å². The van der Waals surface area contributed by atoms with Crippen molar-refractivity contribution in [2.45, 2.75) is 19.4 Å². The zero-order chi connectivity index (χ0) is 19.7. The summed E-state index contributed by atoms with van der Waals surface area (Å²) in [5, 5.41) is 14.7. The molecule has 0 spiro atoms. The van der Waals surface area contributed by atoms with Crippen LogP contribution in [0, 0.1) is 11.3 Å². The Morgan fingerprint density at radius 1 is 1.25 bits per heavy atom. The van der Waals surface area contributed by atoms with Gasteiger partial charge in [-0.3, -0.25) is 4.79 Å². The summed E-state index contributed by atoms with van der Waals surface area (Å²) < 4.78 is 0. The first-order chi connectivity index (χ1) is 13.4. The van der Waals surface area contributed by atoms with Gasteiger partial charge in [0.1, 0.15) is 16.9 Å². The lowest BCUT2D eigenvalue weighted by molar-refractivity contribution is 0.0924. The number of rotatable bonds is 4. The van der Waals surface area contributed by atoms with E-state index in [2.05, 4.69) is 25.3 Å². The Morgan fingerprint density at radius 3 is 2.86 bits per heavy atom. The largest absolute Gasteiger partial charge is 0.338 e. The molecule has 0 saturated carbocycles. The normalized spacial score (nSPS) is 11.3. The van der Waals surface area contributed by atoms with E-state index in [0.29, 0.717) is 5.69 Å². The van der Waals surface area contributed by atoms with Gasteiger partial charge in [0.25, 0.3) is 5.91 Å². The van der Waals surface area contributed by atoms with Crippen LogP contribution in [0.1, 0.15) is 24.3 Å². The number of carbonyl (C=O) groups excluding carboxylic acids is 1. The van der Waals surface area contributed by atoms with Gasteiger partial charge in [-0.1, -0.05) is 6.07 Å². The van der Waals surface area contributed by atoms with E-state index < -0.39 is 11.4 Å². The minimum atomic E-state index is -0.966. The van der Waals surface area contributed by atoms with Crippen molar-refractivity contribution >= 4 is 28.3 Å². The van der Waals surface area contributed by atoms with Crippen molar-refractivity contribution < 1.29 is 4.79 Å². The third-order valence-corrected chi connectivity index (χ3v) is 4.75. The van der Waals surface area contributed by atoms with Crippen molar-refractivity contribution in [2.24, 2.45) is 0 Å². The Hall–Kier alpha value is -3.57. The second kappa shape index (κ2) is 6.87. The lowest BCUT2D eigenvalue weighted by Gasteiger charge is -2.17. The molecule has 0 aromatic carbocycles. The fourth-order valence-electron chi connectivity index (χ4n) is 2.74. The molecule has 0 aliphatic rings. The number of nitrogens with zero attached hydrogens (tertiary/aromatic N) is 4. The van der Waals surface area contributed by atoms with Crippen LogP contribution in [0.5, 0.6) is 0 Å². The maximum atomic E-state index is 12.4. The third-order valence-electron chi connectivity index (χ3n) is 4.16. The Kier molecular flexibility index (Phi) is 4.37. The first kappa shape index (κ1) is 17.8. The molecule has 7 nitrogen and oxygen atoms in total. The van der Waals surface area contributed by atoms with E-state index in [0.717, 1.165) is 28.0 Å². The number of thiazole rings is 1. The van der Waals surface area contributed by atoms with Crippen molar-refractivity contribution in [1.82, 2.24) is 25.3 Å². The molecule has 8 heteroatoms. The average Bonchev–Trinajstić information content (AvgIpc) is 3.36. The van der Waals surface area contributed by atoms with E-state index in [1.54, 1.807) is 37.7 Å². The van der Waals surface area contributed by atoms with Gasteiger partial charge in [0.05, 0.1) is 28.7 Å². The van der Waals surface area contributed by atoms with Crippen molar-refractivity contribution in [1.29, 1.82) is 5.26 Å². The van der Waals surface area contributed by atoms with E-state index in [1.807, 2.05) is 29.6 Å². The van der Waals surface area contributed by atoms with Crippen molar-refractivity contribution in [3.8, 4) is 28.7 Å². The Bertz CT molecular complexity index is 1200. The van der Waals surface area contributed by atoms with Gasteiger partial charge in [0.15, 0.2) is 0 Å². The topological polar surface area (TPSA) is 107 Å². The summed E-state index contributed by atoms with van der Waals surface area (Å²) >= 11 is 1.53. The van der Waals surface area contributed by atoms with Crippen LogP contribution in [-0.4, -0.2) is 31.4 Å². The van der Waals surface area contributed by atoms with Crippen LogP contribution in [-0.2, 0) is 0 Å². The fraction of sp³-hybridized carbons (Fsp3) is 0.150. The van der Waals surface area contributed by atoms with Gasteiger partial charge < -0.3 is 10.3 Å². The highest BCUT2D eigenvalue weighted by molar-refractivity contribution is 7.07. The van der Waals surface area contributed by atoms with Crippen LogP contribution in [0.2, 0.25) is 0 Å². The second-order valence-corrected chi connectivity index (χ2v) is 7.54. The van der Waals surface area contributed by atoms with E-state index in [4.69, 9.17) is 5.26 Å². The fourth-order valence-corrected chi connectivity index (χ4v) is 3.29. The number of amides is 1. The van der Waals surface area contributed by atoms with Gasteiger partial charge >= 0.3 is 0 Å². The molecule has 4 rings (SSSR count). The lowest BCUT2D eigenvalue weighted by atomic mass is 10.1. The molecule has 0 fully saturated rings. The third kappa shape index (κ3) is 3.48. The van der Waals surface area contributed by atoms with Crippen LogP contribution in [0.3, 0.4) is 0 Å². The number of aromatic amines is 1. The summed E-state index contributed by atoms with van der Waals surface area (Å²) in [6.45, 7) is 3.27. The molecule has 0 aliphatic carbocycles. The standard InChI is InChI=1S/C20H16N6OS/c1-20(2,10-21)26-19(27)15-5-3-4-14(24-15)13-6-12-7-16(17-9-28-11-23-17)25-18(12)22-8-13/h3-9,11H,1-2H3,(H,22,25)(H,26,27). The molecule has 4 heterocycles. The van der Waals surface area contributed by atoms with Crippen LogP contribution in [0.15, 0.2) is 47.4 Å². The molecule has 4 aromatic heterocycles. The van der Waals surface area contributed by atoms with Crippen LogP contribution >= 0.6 is 11.3 Å². The van der Waals surface area contributed by atoms with Crippen molar-refractivity contribution in [2.75, 3.05) is 0 Å². The number of aromatic nitrogens is 4. The highest BCUT2D eigenvalue weighted by Gasteiger charge is 2.21. The molecule has 28 heavy (non-hydrogen) atoms. The molecule has 2 N–H and O–H groups in total. The summed E-state index contributed by atoms with van der Waals surface area (Å²) in [7, 11) is 0. The van der Waals surface area contributed by atoms with Gasteiger partial charge in [-0.05, 0) is 38.1 Å². The smallest absolute Gasteiger partial charge is 0.271 e. The van der Waals surface area contributed by atoms with E-state index in [-0.39, 0.29) is 5.69 Å². The predicted molar refractivity (Wildman–Crippen MR) is 108 cm³/mol. The molecular weight excluding hydrogens is 372 g/mol. The minimum absolute atomic E-state index is 0.248. The average molecular weight is 388 g/mol. The number of nitriles is 1. The molecule has 0 bridgehead atoms. The monoisotopic (exact) mass is 388 g/mol. The summed E-state index contributed by atoms with van der Waals surface area (Å²) in [4.78, 5) is 28.9. The quantitative estimate of drug-likeness (QED) is 0.553. The Morgan fingerprint density at radius 2 is 2.11 bits per heavy atom. The Balaban J connectivity index is 1.66. The minimum Gasteiger partial charge on any atom is -0.338 e. The summed E-state index contributed by atoms with van der Waals surface area (Å²) in [6, 6.07) is 11.2. The molecule has 0 aliphatic heterocycles. The molecule has 4 aromatic rings. The number of H-pyrrole nitrogens is 1. The first-order valence-corrected chi connectivity index (χ1v) is 9.48. The molecule has 0 unspecified atom stereocenters. The zero-order valence-electron chi connectivity index (χ0n) is 15.2. The van der Waals surface area contributed by atoms with Crippen molar-refractivity contribution in [3.63, 3.8) is 0 Å². The number of carbonyl (C=O) groups is 1. The molecule has 0 radical (unpaired) electrons. The SMILES string of the molecule is CC(C)(C#N)NC(=O)c1cccc(-c2cnc3[nH]c(-c4cscn4)cc3c2)n1. The van der Waals surface area contributed by atoms with Gasteiger partial charge in [0.2, 0.25) is 0 Å². The molecule has 0 saturated heterocycles. The van der Waals surface area contributed by atoms with Gasteiger partial charge in [-0.25, -0.2) is 15.0 Å². The van der Waals surface area contributed by atoms with Crippen LogP contribution < -0.4 is 5.32 Å². The van der Waals surface area contributed by atoms with E-state index in [1.165, 1.54) is 11.3 Å². The zero-order valence-corrected chi connectivity index (χ0v) is 16.0. The summed E-state index contributed by atoms with van der Waals surface area (Å²) in [6.07, 6.45) is 1.72. The maximum Gasteiger partial charge on any atom is 0.271 e. The molecular formula is C20H16N6OS. The summed E-state index contributed by atoms with van der Waals surface area (Å²) in [5.41, 5.74) is 5.04. The van der Waals surface area contributed by atoms with Crippen LogP contribution in [0.25, 0.3) is 33.7 Å². The number of nitrogens with one attached hydrogen (secondary N) is 2. The van der Waals surface area contributed by atoms with Gasteiger partial charge in [-0.2, -0.15) is 5.26 Å². The molecule has 0 atom stereocenters. The van der Waals surface area contributed by atoms with Gasteiger partial charge in [-0.15, -0.1) is 11.3 Å². The predicted octanol–water partition coefficient (Wildman–Crippen LogP) is 3.78. The first-order valence-electron chi connectivity index (χ1n) is 8.54. The molecule has 138 valence electrons. The van der Waals surface area contributed by atoms with E-state index in [9.17, 15) is 4.79 Å². The maximum absolute atomic E-state index is 12.4. The number of pyridine rings is 2. The number of hydrogen-bond donors (Lipinski definition) is 2. The highest BCUT2D eigenvalue weighted by Crippen LogP contribution is 2.26. The highest BCUT2D eigenvalue weighted by atomic mass is 32.1. The second-order valence-electron chi connectivity index (χ2n) is 6.82. The number of fused-ring (bicyclic) bond motifs is 1. The lowest BCUT2D eigenvalue weighted by Crippen LogP contribution is -2.42. The molecule has 1 amide bonds. The van der Waals surface area contributed by atoms with Crippen molar-refractivity contribution in [3.05, 3.63) is 53.1 Å². The van der Waals surface area contributed by atoms with Gasteiger partial charge in [0, 0.05) is 22.5 Å². The van der Waals surface area contributed by atoms with E-state index >= 15 is 0 Å².